The van der Waals surface area contributed by atoms with E-state index in [4.69, 9.17) is 5.41 Å². The molecule has 5 aromatic rings. The van der Waals surface area contributed by atoms with Gasteiger partial charge < -0.3 is 9.88 Å². The zero-order valence-corrected chi connectivity index (χ0v) is 20.2. The highest BCUT2D eigenvalue weighted by Gasteiger charge is 2.31. The maximum absolute atomic E-state index is 13.4. The standard InChI is InChI=1S/C28H22F3N5O2/c1-17(19-10-6-3-7-11-19)33-26(37)21-15-22-25(36(24(21)32)16-18-8-4-2-5-9-18)34-23-14-20(28(29,30)31)12-13-35(23)27(22)38/h2-15,17,32H,16H2,1H3,(H,33,37)/t17-/m0/s1. The molecule has 0 unspecified atom stereocenters. The molecular formula is C28H22F3N5O2. The van der Waals surface area contributed by atoms with E-state index in [2.05, 4.69) is 10.3 Å². The fourth-order valence-electron chi connectivity index (χ4n) is 4.30. The van der Waals surface area contributed by atoms with E-state index >= 15 is 0 Å². The van der Waals surface area contributed by atoms with Crippen molar-refractivity contribution in [1.29, 1.82) is 5.41 Å². The van der Waals surface area contributed by atoms with E-state index in [-0.39, 0.29) is 40.3 Å². The Morgan fingerprint density at radius 3 is 2.34 bits per heavy atom. The number of carbonyl (C=O) groups is 1. The van der Waals surface area contributed by atoms with E-state index in [0.717, 1.165) is 33.9 Å². The van der Waals surface area contributed by atoms with E-state index in [1.165, 1.54) is 10.6 Å². The van der Waals surface area contributed by atoms with E-state index in [9.17, 15) is 22.8 Å². The smallest absolute Gasteiger partial charge is 0.345 e. The van der Waals surface area contributed by atoms with Gasteiger partial charge in [-0.1, -0.05) is 60.7 Å². The van der Waals surface area contributed by atoms with Crippen molar-refractivity contribution in [1.82, 2.24) is 19.3 Å². The Morgan fingerprint density at radius 1 is 1.03 bits per heavy atom. The summed E-state index contributed by atoms with van der Waals surface area (Å²) in [5.74, 6) is -0.563. The fraction of sp³-hybridized carbons (Fsp3) is 0.143. The summed E-state index contributed by atoms with van der Waals surface area (Å²) in [6.45, 7) is 1.88. The van der Waals surface area contributed by atoms with Gasteiger partial charge in [-0.3, -0.25) is 19.4 Å². The lowest BCUT2D eigenvalue weighted by atomic mass is 10.1. The van der Waals surface area contributed by atoms with Crippen molar-refractivity contribution in [2.75, 3.05) is 0 Å². The molecular weight excluding hydrogens is 495 g/mol. The van der Waals surface area contributed by atoms with Crippen molar-refractivity contribution in [3.63, 3.8) is 0 Å². The topological polar surface area (TPSA) is 92.2 Å². The molecule has 7 nitrogen and oxygen atoms in total. The van der Waals surface area contributed by atoms with Crippen LogP contribution in [0, 0.1) is 5.41 Å². The third kappa shape index (κ3) is 4.68. The monoisotopic (exact) mass is 517 g/mol. The minimum absolute atomic E-state index is 0.00621. The van der Waals surface area contributed by atoms with Crippen molar-refractivity contribution in [3.05, 3.63) is 123 Å². The van der Waals surface area contributed by atoms with Crippen molar-refractivity contribution in [3.8, 4) is 0 Å². The Bertz CT molecular complexity index is 1780. The lowest BCUT2D eigenvalue weighted by Crippen LogP contribution is -2.36. The van der Waals surface area contributed by atoms with Crippen LogP contribution in [0.4, 0.5) is 13.2 Å². The molecule has 0 aliphatic heterocycles. The molecule has 1 amide bonds. The second-order valence-electron chi connectivity index (χ2n) is 8.88. The minimum Gasteiger partial charge on any atom is -0.345 e. The van der Waals surface area contributed by atoms with E-state index in [0.29, 0.717) is 0 Å². The first-order valence-electron chi connectivity index (χ1n) is 11.7. The number of halogens is 3. The molecule has 0 aliphatic carbocycles. The summed E-state index contributed by atoms with van der Waals surface area (Å²) in [5.41, 5.74) is -0.457. The zero-order chi connectivity index (χ0) is 27.0. The number of amides is 1. The molecule has 1 atom stereocenters. The SMILES string of the molecule is C[C@H](NC(=O)c1cc2c(=O)n3ccc(C(F)(F)F)cc3nc2n(Cc2ccccc2)c1=N)c1ccccc1. The molecule has 5 rings (SSSR count). The van der Waals surface area contributed by atoms with Crippen molar-refractivity contribution >= 4 is 22.6 Å². The van der Waals surface area contributed by atoms with E-state index < -0.39 is 23.2 Å². The van der Waals surface area contributed by atoms with Crippen LogP contribution in [-0.2, 0) is 12.7 Å². The van der Waals surface area contributed by atoms with Gasteiger partial charge in [-0.15, -0.1) is 0 Å². The second kappa shape index (κ2) is 9.62. The molecule has 0 radical (unpaired) electrons. The largest absolute Gasteiger partial charge is 0.416 e. The van der Waals surface area contributed by atoms with Gasteiger partial charge in [0.25, 0.3) is 11.5 Å². The summed E-state index contributed by atoms with van der Waals surface area (Å²) in [7, 11) is 0. The molecule has 3 heterocycles. The van der Waals surface area contributed by atoms with Crippen molar-refractivity contribution in [2.24, 2.45) is 0 Å². The number of nitrogens with zero attached hydrogens (tertiary/aromatic N) is 3. The van der Waals surface area contributed by atoms with Gasteiger partial charge in [0.05, 0.1) is 29.1 Å². The molecule has 0 spiro atoms. The van der Waals surface area contributed by atoms with Gasteiger partial charge in [0.2, 0.25) is 0 Å². The van der Waals surface area contributed by atoms with Crippen LogP contribution >= 0.6 is 0 Å². The number of hydrogen-bond donors (Lipinski definition) is 2. The number of aromatic nitrogens is 3. The Labute approximate surface area is 214 Å². The van der Waals surface area contributed by atoms with Crippen LogP contribution in [0.2, 0.25) is 0 Å². The third-order valence-corrected chi connectivity index (χ3v) is 6.32. The van der Waals surface area contributed by atoms with Crippen LogP contribution in [-0.4, -0.2) is 19.9 Å². The summed E-state index contributed by atoms with van der Waals surface area (Å²) >= 11 is 0. The molecule has 0 fully saturated rings. The summed E-state index contributed by atoms with van der Waals surface area (Å²) in [6.07, 6.45) is -3.60. The van der Waals surface area contributed by atoms with Gasteiger partial charge in [0.1, 0.15) is 16.8 Å². The molecule has 0 bridgehead atoms. The maximum Gasteiger partial charge on any atom is 0.416 e. The summed E-state index contributed by atoms with van der Waals surface area (Å²) < 4.78 is 42.4. The number of pyridine rings is 2. The molecule has 192 valence electrons. The Morgan fingerprint density at radius 2 is 1.68 bits per heavy atom. The molecule has 0 aliphatic rings. The number of benzene rings is 2. The second-order valence-corrected chi connectivity index (χ2v) is 8.88. The number of rotatable bonds is 5. The maximum atomic E-state index is 13.4. The van der Waals surface area contributed by atoms with Gasteiger partial charge in [-0.05, 0) is 36.2 Å². The molecule has 10 heteroatoms. The Balaban J connectivity index is 1.71. The predicted octanol–water partition coefficient (Wildman–Crippen LogP) is 4.69. The highest BCUT2D eigenvalue weighted by Crippen LogP contribution is 2.29. The Hall–Kier alpha value is -4.73. The normalized spacial score (nSPS) is 12.5. The van der Waals surface area contributed by atoms with Crippen molar-refractivity contribution < 1.29 is 18.0 Å². The number of hydrogen-bond acceptors (Lipinski definition) is 4. The van der Waals surface area contributed by atoms with Crippen LogP contribution in [0.15, 0.2) is 89.9 Å². The lowest BCUT2D eigenvalue weighted by Gasteiger charge is -2.17. The first-order valence-corrected chi connectivity index (χ1v) is 11.7. The third-order valence-electron chi connectivity index (χ3n) is 6.32. The zero-order valence-electron chi connectivity index (χ0n) is 20.2. The molecule has 38 heavy (non-hydrogen) atoms. The van der Waals surface area contributed by atoms with Gasteiger partial charge in [0, 0.05) is 6.20 Å². The van der Waals surface area contributed by atoms with Crippen LogP contribution in [0.3, 0.4) is 0 Å². The van der Waals surface area contributed by atoms with Crippen LogP contribution in [0.1, 0.15) is 40.0 Å². The van der Waals surface area contributed by atoms with Gasteiger partial charge in [0.15, 0.2) is 0 Å². The van der Waals surface area contributed by atoms with Gasteiger partial charge >= 0.3 is 6.18 Å². The van der Waals surface area contributed by atoms with Crippen molar-refractivity contribution in [2.45, 2.75) is 25.7 Å². The molecule has 2 aromatic carbocycles. The molecule has 3 aromatic heterocycles. The number of fused-ring (bicyclic) bond motifs is 2. The summed E-state index contributed by atoms with van der Waals surface area (Å²) in [6, 6.07) is 20.8. The Kier molecular flexibility index (Phi) is 6.31. The summed E-state index contributed by atoms with van der Waals surface area (Å²) in [4.78, 5) is 31.1. The van der Waals surface area contributed by atoms with E-state index in [1.54, 1.807) is 31.2 Å². The van der Waals surface area contributed by atoms with Crippen LogP contribution < -0.4 is 16.4 Å². The molecule has 0 saturated heterocycles. The highest BCUT2D eigenvalue weighted by molar-refractivity contribution is 5.97. The first-order chi connectivity index (χ1) is 18.1. The van der Waals surface area contributed by atoms with Gasteiger partial charge in [-0.25, -0.2) is 4.98 Å². The van der Waals surface area contributed by atoms with Crippen LogP contribution in [0.25, 0.3) is 16.7 Å². The number of carbonyl (C=O) groups excluding carboxylic acids is 1. The predicted molar refractivity (Wildman–Crippen MR) is 136 cm³/mol. The van der Waals surface area contributed by atoms with Crippen LogP contribution in [0.5, 0.6) is 0 Å². The fourth-order valence-corrected chi connectivity index (χ4v) is 4.30. The first kappa shape index (κ1) is 24.9. The lowest BCUT2D eigenvalue weighted by molar-refractivity contribution is -0.137. The summed E-state index contributed by atoms with van der Waals surface area (Å²) in [5, 5.41) is 11.7. The molecule has 0 saturated carbocycles. The molecule has 2 N–H and O–H groups in total. The minimum atomic E-state index is -4.62. The average Bonchev–Trinajstić information content (AvgIpc) is 2.90. The van der Waals surface area contributed by atoms with Gasteiger partial charge in [-0.2, -0.15) is 13.2 Å². The average molecular weight is 518 g/mol. The quantitative estimate of drug-likeness (QED) is 0.332. The van der Waals surface area contributed by atoms with E-state index in [1.807, 2.05) is 36.4 Å². The highest BCUT2D eigenvalue weighted by atomic mass is 19.4. The number of nitrogens with one attached hydrogen (secondary N) is 2. The number of alkyl halides is 3.